The van der Waals surface area contributed by atoms with Gasteiger partial charge in [-0.15, -0.1) is 11.6 Å². The lowest BCUT2D eigenvalue weighted by molar-refractivity contribution is -0.156. The molecule has 0 heterocycles. The molecule has 0 aromatic heterocycles. The first-order valence-corrected chi connectivity index (χ1v) is 13.0. The number of ether oxygens (including phenoxy) is 5. The van der Waals surface area contributed by atoms with Crippen molar-refractivity contribution < 1.29 is 33.3 Å². The number of ketones is 1. The summed E-state index contributed by atoms with van der Waals surface area (Å²) in [6, 6.07) is 11.0. The van der Waals surface area contributed by atoms with Gasteiger partial charge in [0.25, 0.3) is 0 Å². The van der Waals surface area contributed by atoms with Gasteiger partial charge in [0.1, 0.15) is 43.9 Å². The van der Waals surface area contributed by atoms with Crippen molar-refractivity contribution >= 4 is 46.6 Å². The molecule has 0 saturated heterocycles. The molecule has 10 heteroatoms. The molecule has 0 aliphatic carbocycles. The number of halogens is 3. The highest BCUT2D eigenvalue weighted by molar-refractivity contribution is 6.37. The third-order valence-electron chi connectivity index (χ3n) is 4.85. The zero-order valence-electron chi connectivity index (χ0n) is 21.5. The van der Waals surface area contributed by atoms with E-state index in [9.17, 15) is 9.59 Å². The summed E-state index contributed by atoms with van der Waals surface area (Å²) in [5.41, 5.74) is 1.40. The van der Waals surface area contributed by atoms with Gasteiger partial charge >= 0.3 is 5.97 Å². The van der Waals surface area contributed by atoms with Crippen molar-refractivity contribution in [2.24, 2.45) is 0 Å². The molecular formula is C27H33Cl3O7. The number of hydrogen-bond acceptors (Lipinski definition) is 7. The van der Waals surface area contributed by atoms with Crippen LogP contribution < -0.4 is 9.47 Å². The quantitative estimate of drug-likeness (QED) is 0.110. The minimum atomic E-state index is -0.631. The average molecular weight is 576 g/mol. The van der Waals surface area contributed by atoms with E-state index in [1.165, 1.54) is 7.11 Å². The maximum absolute atomic E-state index is 12.0. The first kappa shape index (κ1) is 31.2. The Kier molecular flexibility index (Phi) is 13.0. The zero-order valence-corrected chi connectivity index (χ0v) is 23.8. The normalized spacial score (nSPS) is 12.2. The van der Waals surface area contributed by atoms with Crippen LogP contribution in [0.25, 0.3) is 0 Å². The van der Waals surface area contributed by atoms with Gasteiger partial charge in [-0.2, -0.15) is 0 Å². The van der Waals surface area contributed by atoms with Gasteiger partial charge < -0.3 is 23.7 Å². The summed E-state index contributed by atoms with van der Waals surface area (Å²) in [6.07, 6.45) is 0.766. The fourth-order valence-electron chi connectivity index (χ4n) is 3.17. The summed E-state index contributed by atoms with van der Waals surface area (Å²) in [7, 11) is 1.53. The van der Waals surface area contributed by atoms with Crippen LogP contribution >= 0.6 is 34.8 Å². The van der Waals surface area contributed by atoms with Gasteiger partial charge in [0.15, 0.2) is 11.5 Å². The van der Waals surface area contributed by atoms with E-state index in [0.717, 1.165) is 17.5 Å². The highest BCUT2D eigenvalue weighted by Gasteiger charge is 2.19. The lowest BCUT2D eigenvalue weighted by atomic mass is 10.0. The fourth-order valence-corrected chi connectivity index (χ4v) is 3.99. The highest BCUT2D eigenvalue weighted by atomic mass is 35.5. The molecule has 0 radical (unpaired) electrons. The number of aryl methyl sites for hydroxylation is 2. The molecule has 1 unspecified atom stereocenters. The third-order valence-corrected chi connectivity index (χ3v) is 5.76. The van der Waals surface area contributed by atoms with E-state index in [1.54, 1.807) is 32.9 Å². The number of esters is 1. The predicted molar refractivity (Wildman–Crippen MR) is 144 cm³/mol. The highest BCUT2D eigenvalue weighted by Crippen LogP contribution is 2.35. The molecule has 0 amide bonds. The Morgan fingerprint density at radius 3 is 2.14 bits per heavy atom. The van der Waals surface area contributed by atoms with Crippen molar-refractivity contribution in [2.45, 2.75) is 51.7 Å². The maximum atomic E-state index is 12.0. The Hall–Kier alpha value is -2.03. The zero-order chi connectivity index (χ0) is 27.4. The van der Waals surface area contributed by atoms with Crippen LogP contribution in [0.3, 0.4) is 0 Å². The minimum Gasteiger partial charge on any atom is -0.488 e. The van der Waals surface area contributed by atoms with Crippen molar-refractivity contribution in [3.8, 4) is 11.5 Å². The van der Waals surface area contributed by atoms with Crippen molar-refractivity contribution in [3.05, 3.63) is 57.6 Å². The Morgan fingerprint density at radius 1 is 0.946 bits per heavy atom. The van der Waals surface area contributed by atoms with E-state index < -0.39 is 11.6 Å². The van der Waals surface area contributed by atoms with E-state index in [2.05, 4.69) is 0 Å². The summed E-state index contributed by atoms with van der Waals surface area (Å²) < 4.78 is 26.7. The van der Waals surface area contributed by atoms with Crippen LogP contribution in [0.5, 0.6) is 11.5 Å². The number of carbonyl (C=O) groups is 2. The molecule has 7 nitrogen and oxygen atoms in total. The number of methoxy groups -OCH3 is 1. The third kappa shape index (κ3) is 11.9. The summed E-state index contributed by atoms with van der Waals surface area (Å²) in [5, 5.41) is 0.810. The standard InChI is InChI=1S/C27H33Cl3O7/c1-27(2,3)37-25(32)13-20(31)15-34-21-9-7-18(8-10-21)5-6-19-11-23(29)26(24(30)12-19)35-16-22(14-28)36-17-33-4/h7-12,22H,5-6,13-17H2,1-4H3. The van der Waals surface area contributed by atoms with Gasteiger partial charge in [-0.05, 0) is 69.0 Å². The largest absolute Gasteiger partial charge is 0.488 e. The summed E-state index contributed by atoms with van der Waals surface area (Å²) in [4.78, 5) is 23.7. The molecule has 0 fully saturated rings. The molecular weight excluding hydrogens is 543 g/mol. The van der Waals surface area contributed by atoms with Crippen LogP contribution in [0.15, 0.2) is 36.4 Å². The SMILES string of the molecule is COCOC(CCl)COc1c(Cl)cc(CCc2ccc(OCC(=O)CC(=O)OC(C)(C)C)cc2)cc1Cl. The van der Waals surface area contributed by atoms with Gasteiger partial charge in [0.05, 0.1) is 15.9 Å². The predicted octanol–water partition coefficient (Wildman–Crippen LogP) is 6.07. The monoisotopic (exact) mass is 574 g/mol. The number of Topliss-reactive ketones (excluding diaryl/α,β-unsaturated/α-hetero) is 1. The Morgan fingerprint density at radius 2 is 1.57 bits per heavy atom. The van der Waals surface area contributed by atoms with E-state index in [-0.39, 0.29) is 44.2 Å². The average Bonchev–Trinajstić information content (AvgIpc) is 2.82. The van der Waals surface area contributed by atoms with E-state index in [0.29, 0.717) is 28.0 Å². The van der Waals surface area contributed by atoms with Gasteiger partial charge in [-0.25, -0.2) is 0 Å². The summed E-state index contributed by atoms with van der Waals surface area (Å²) in [5.74, 6) is 0.250. The first-order valence-electron chi connectivity index (χ1n) is 11.7. The molecule has 0 bridgehead atoms. The topological polar surface area (TPSA) is 80.3 Å². The second kappa shape index (κ2) is 15.4. The number of hydrogen-bond donors (Lipinski definition) is 0. The molecule has 0 aliphatic heterocycles. The van der Waals surface area contributed by atoms with E-state index >= 15 is 0 Å². The Balaban J connectivity index is 1.84. The summed E-state index contributed by atoms with van der Waals surface area (Å²) >= 11 is 18.7. The van der Waals surface area contributed by atoms with Crippen LogP contribution in [0, 0.1) is 0 Å². The molecule has 0 saturated carbocycles. The van der Waals surface area contributed by atoms with Gasteiger partial charge in [-0.3, -0.25) is 9.59 Å². The molecule has 204 valence electrons. The Bertz CT molecular complexity index is 997. The van der Waals surface area contributed by atoms with Gasteiger partial charge in [0.2, 0.25) is 0 Å². The lowest BCUT2D eigenvalue weighted by Gasteiger charge is -2.19. The second-order valence-electron chi connectivity index (χ2n) is 9.28. The number of benzene rings is 2. The molecule has 37 heavy (non-hydrogen) atoms. The molecule has 2 aromatic carbocycles. The second-order valence-corrected chi connectivity index (χ2v) is 10.4. The molecule has 1 atom stereocenters. The molecule has 0 spiro atoms. The first-order chi connectivity index (χ1) is 17.5. The lowest BCUT2D eigenvalue weighted by Crippen LogP contribution is -2.26. The van der Waals surface area contributed by atoms with Crippen LogP contribution in [-0.2, 0) is 36.6 Å². The van der Waals surface area contributed by atoms with Crippen LogP contribution in [-0.4, -0.2) is 56.5 Å². The van der Waals surface area contributed by atoms with Crippen LogP contribution in [0.2, 0.25) is 10.0 Å². The smallest absolute Gasteiger partial charge is 0.313 e. The molecule has 2 aromatic rings. The summed E-state index contributed by atoms with van der Waals surface area (Å²) in [6.45, 7) is 5.35. The number of alkyl halides is 1. The van der Waals surface area contributed by atoms with Gasteiger partial charge in [-0.1, -0.05) is 35.3 Å². The number of rotatable bonds is 15. The maximum Gasteiger partial charge on any atom is 0.313 e. The van der Waals surface area contributed by atoms with Crippen LogP contribution in [0.4, 0.5) is 0 Å². The molecule has 0 aliphatic rings. The minimum absolute atomic E-state index is 0.112. The van der Waals surface area contributed by atoms with Crippen molar-refractivity contribution in [1.82, 2.24) is 0 Å². The molecule has 2 rings (SSSR count). The molecule has 0 N–H and O–H groups in total. The van der Waals surface area contributed by atoms with E-state index in [4.69, 9.17) is 58.5 Å². The van der Waals surface area contributed by atoms with Crippen molar-refractivity contribution in [3.63, 3.8) is 0 Å². The fraction of sp³-hybridized carbons (Fsp3) is 0.481. The van der Waals surface area contributed by atoms with Crippen LogP contribution in [0.1, 0.15) is 38.3 Å². The number of carbonyl (C=O) groups excluding carboxylic acids is 2. The Labute approximate surface area is 233 Å². The van der Waals surface area contributed by atoms with E-state index in [1.807, 2.05) is 24.3 Å². The van der Waals surface area contributed by atoms with Crippen molar-refractivity contribution in [2.75, 3.05) is 33.0 Å². The van der Waals surface area contributed by atoms with Crippen molar-refractivity contribution in [1.29, 1.82) is 0 Å². The van der Waals surface area contributed by atoms with Gasteiger partial charge in [0, 0.05) is 7.11 Å².